The predicted octanol–water partition coefficient (Wildman–Crippen LogP) is 3.34. The van der Waals surface area contributed by atoms with Gasteiger partial charge in [0.25, 0.3) is 0 Å². The van der Waals surface area contributed by atoms with Gasteiger partial charge in [-0.1, -0.05) is 26.0 Å². The van der Waals surface area contributed by atoms with Gasteiger partial charge >= 0.3 is 0 Å². The Hall–Kier alpha value is -0.930. The van der Waals surface area contributed by atoms with Crippen molar-refractivity contribution in [2.24, 2.45) is 11.1 Å². The molecule has 0 spiro atoms. The van der Waals surface area contributed by atoms with E-state index in [1.54, 1.807) is 12.1 Å². The molecule has 2 nitrogen and oxygen atoms in total. The van der Waals surface area contributed by atoms with Crippen molar-refractivity contribution in [1.29, 1.82) is 0 Å². The van der Waals surface area contributed by atoms with E-state index in [0.29, 0.717) is 12.0 Å². The van der Waals surface area contributed by atoms with Crippen LogP contribution >= 0.6 is 0 Å². The van der Waals surface area contributed by atoms with E-state index >= 15 is 0 Å². The summed E-state index contributed by atoms with van der Waals surface area (Å²) >= 11 is 0. The summed E-state index contributed by atoms with van der Waals surface area (Å²) in [6.45, 7) is 7.31. The summed E-state index contributed by atoms with van der Waals surface area (Å²) in [5.74, 6) is -0.175. The third-order valence-electron chi connectivity index (χ3n) is 4.27. The van der Waals surface area contributed by atoms with E-state index in [1.807, 2.05) is 6.07 Å². The van der Waals surface area contributed by atoms with Crippen molar-refractivity contribution >= 4 is 0 Å². The fourth-order valence-corrected chi connectivity index (χ4v) is 2.97. The number of hydrogen-bond acceptors (Lipinski definition) is 2. The van der Waals surface area contributed by atoms with Gasteiger partial charge in [-0.3, -0.25) is 4.90 Å². The zero-order valence-electron chi connectivity index (χ0n) is 12.0. The molecule has 106 valence electrons. The highest BCUT2D eigenvalue weighted by Gasteiger charge is 2.27. The van der Waals surface area contributed by atoms with E-state index in [-0.39, 0.29) is 11.9 Å². The van der Waals surface area contributed by atoms with Gasteiger partial charge in [0.1, 0.15) is 5.82 Å². The van der Waals surface area contributed by atoms with Crippen LogP contribution in [0.4, 0.5) is 4.39 Å². The average molecular weight is 264 g/mol. The summed E-state index contributed by atoms with van der Waals surface area (Å²) in [5, 5.41) is 0. The molecule has 0 aromatic heterocycles. The Morgan fingerprint density at radius 3 is 2.79 bits per heavy atom. The Kier molecular flexibility index (Phi) is 4.58. The average Bonchev–Trinajstić information content (AvgIpc) is 2.52. The second kappa shape index (κ2) is 6.02. The third-order valence-corrected chi connectivity index (χ3v) is 4.27. The summed E-state index contributed by atoms with van der Waals surface area (Å²) in [6.07, 6.45) is 3.63. The van der Waals surface area contributed by atoms with Crippen LogP contribution in [0.1, 0.15) is 44.7 Å². The maximum absolute atomic E-state index is 13.4. The molecule has 0 saturated carbocycles. The Balaban J connectivity index is 2.13. The van der Waals surface area contributed by atoms with E-state index in [1.165, 1.54) is 25.3 Å². The van der Waals surface area contributed by atoms with Crippen molar-refractivity contribution < 1.29 is 4.39 Å². The number of likely N-dealkylation sites (tertiary alicyclic amines) is 1. The molecule has 3 heteroatoms. The van der Waals surface area contributed by atoms with Crippen LogP contribution in [0.25, 0.3) is 0 Å². The highest BCUT2D eigenvalue weighted by molar-refractivity contribution is 5.20. The summed E-state index contributed by atoms with van der Waals surface area (Å²) in [5.41, 5.74) is 7.35. The molecule has 0 radical (unpaired) electrons. The van der Waals surface area contributed by atoms with E-state index in [4.69, 9.17) is 5.73 Å². The number of nitrogens with zero attached hydrogens (tertiary/aromatic N) is 1. The molecular weight excluding hydrogens is 239 g/mol. The van der Waals surface area contributed by atoms with Crippen LogP contribution in [0.15, 0.2) is 24.3 Å². The van der Waals surface area contributed by atoms with Crippen LogP contribution in [0.2, 0.25) is 0 Å². The maximum Gasteiger partial charge on any atom is 0.123 e. The normalized spacial score (nSPS) is 21.9. The fourth-order valence-electron chi connectivity index (χ4n) is 2.97. The van der Waals surface area contributed by atoms with Gasteiger partial charge in [-0.2, -0.15) is 0 Å². The van der Waals surface area contributed by atoms with Crippen molar-refractivity contribution in [2.45, 2.75) is 39.2 Å². The third kappa shape index (κ3) is 3.77. The minimum Gasteiger partial charge on any atom is -0.329 e. The number of nitrogens with two attached hydrogens (primary N) is 1. The number of benzene rings is 1. The molecule has 2 N–H and O–H groups in total. The highest BCUT2D eigenvalue weighted by Crippen LogP contribution is 2.32. The van der Waals surface area contributed by atoms with Gasteiger partial charge in [0, 0.05) is 12.6 Å². The fraction of sp³-hybridized carbons (Fsp3) is 0.625. The summed E-state index contributed by atoms with van der Waals surface area (Å²) in [4.78, 5) is 2.42. The Labute approximate surface area is 115 Å². The molecule has 1 aromatic rings. The van der Waals surface area contributed by atoms with Crippen LogP contribution in [-0.2, 0) is 0 Å². The van der Waals surface area contributed by atoms with Gasteiger partial charge in [0.05, 0.1) is 0 Å². The number of hydrogen-bond donors (Lipinski definition) is 1. The topological polar surface area (TPSA) is 29.3 Å². The lowest BCUT2D eigenvalue weighted by atomic mass is 9.85. The molecule has 0 aliphatic carbocycles. The summed E-state index contributed by atoms with van der Waals surface area (Å²) in [6, 6.07) is 7.01. The second-order valence-electron chi connectivity index (χ2n) is 6.36. The minimum atomic E-state index is -0.175. The predicted molar refractivity (Wildman–Crippen MR) is 77.4 cm³/mol. The monoisotopic (exact) mass is 264 g/mol. The van der Waals surface area contributed by atoms with Crippen LogP contribution in [-0.4, -0.2) is 24.5 Å². The van der Waals surface area contributed by atoms with Crippen molar-refractivity contribution in [3.05, 3.63) is 35.6 Å². The van der Waals surface area contributed by atoms with Crippen molar-refractivity contribution in [3.63, 3.8) is 0 Å². The molecule has 1 fully saturated rings. The molecule has 1 aliphatic rings. The van der Waals surface area contributed by atoms with Crippen LogP contribution in [0.3, 0.4) is 0 Å². The first kappa shape index (κ1) is 14.5. The SMILES string of the molecule is CC1(C)CCCN(C(CN)c2cccc(F)c2)CC1. The first-order valence-electron chi connectivity index (χ1n) is 7.21. The zero-order chi connectivity index (χ0) is 13.9. The molecule has 1 saturated heterocycles. The molecule has 0 amide bonds. The molecule has 0 bridgehead atoms. The van der Waals surface area contributed by atoms with Gasteiger partial charge in [-0.05, 0) is 55.5 Å². The molecule has 1 unspecified atom stereocenters. The maximum atomic E-state index is 13.4. The largest absolute Gasteiger partial charge is 0.329 e. The van der Waals surface area contributed by atoms with Crippen LogP contribution in [0.5, 0.6) is 0 Å². The standard InChI is InChI=1S/C16H25FN2/c1-16(2)7-4-9-19(10-8-16)15(12-18)13-5-3-6-14(17)11-13/h3,5-6,11,15H,4,7-10,12,18H2,1-2H3. The lowest BCUT2D eigenvalue weighted by Gasteiger charge is -2.30. The minimum absolute atomic E-state index is 0.143. The quantitative estimate of drug-likeness (QED) is 0.907. The Morgan fingerprint density at radius 2 is 2.11 bits per heavy atom. The first-order chi connectivity index (χ1) is 9.02. The molecular formula is C16H25FN2. The van der Waals surface area contributed by atoms with E-state index in [9.17, 15) is 4.39 Å². The van der Waals surface area contributed by atoms with Gasteiger partial charge in [-0.25, -0.2) is 4.39 Å². The van der Waals surface area contributed by atoms with Crippen molar-refractivity contribution in [1.82, 2.24) is 4.90 Å². The molecule has 1 heterocycles. The molecule has 2 rings (SSSR count). The molecule has 1 aromatic carbocycles. The Bertz CT molecular complexity index is 417. The van der Waals surface area contributed by atoms with Crippen molar-refractivity contribution in [2.75, 3.05) is 19.6 Å². The van der Waals surface area contributed by atoms with Gasteiger partial charge < -0.3 is 5.73 Å². The lowest BCUT2D eigenvalue weighted by Crippen LogP contribution is -2.35. The van der Waals surface area contributed by atoms with Gasteiger partial charge in [0.2, 0.25) is 0 Å². The van der Waals surface area contributed by atoms with Crippen molar-refractivity contribution in [3.8, 4) is 0 Å². The van der Waals surface area contributed by atoms with Gasteiger partial charge in [-0.15, -0.1) is 0 Å². The van der Waals surface area contributed by atoms with E-state index in [2.05, 4.69) is 18.7 Å². The first-order valence-corrected chi connectivity index (χ1v) is 7.21. The van der Waals surface area contributed by atoms with E-state index < -0.39 is 0 Å². The lowest BCUT2D eigenvalue weighted by molar-refractivity contribution is 0.199. The summed E-state index contributed by atoms with van der Waals surface area (Å²) < 4.78 is 13.4. The second-order valence-corrected chi connectivity index (χ2v) is 6.36. The summed E-state index contributed by atoms with van der Waals surface area (Å²) in [7, 11) is 0. The van der Waals surface area contributed by atoms with Crippen LogP contribution < -0.4 is 5.73 Å². The smallest absolute Gasteiger partial charge is 0.123 e. The number of rotatable bonds is 3. The zero-order valence-corrected chi connectivity index (χ0v) is 12.0. The van der Waals surface area contributed by atoms with Gasteiger partial charge in [0.15, 0.2) is 0 Å². The molecule has 1 atom stereocenters. The Morgan fingerprint density at radius 1 is 1.32 bits per heavy atom. The molecule has 19 heavy (non-hydrogen) atoms. The highest BCUT2D eigenvalue weighted by atomic mass is 19.1. The number of halogens is 1. The molecule has 1 aliphatic heterocycles. The van der Waals surface area contributed by atoms with Crippen LogP contribution in [0, 0.1) is 11.2 Å². The van der Waals surface area contributed by atoms with E-state index in [0.717, 1.165) is 18.7 Å².